The van der Waals surface area contributed by atoms with Crippen molar-refractivity contribution in [3.8, 4) is 10.4 Å². The number of aryl methyl sites for hydroxylation is 2. The number of nitrogens with zero attached hydrogens (tertiary/aromatic N) is 2. The van der Waals surface area contributed by atoms with Crippen molar-refractivity contribution in [2.75, 3.05) is 23.0 Å². The largest absolute Gasteiger partial charge is 0.387 e. The van der Waals surface area contributed by atoms with Gasteiger partial charge in [0.1, 0.15) is 5.82 Å². The maximum atomic E-state index is 12.6. The standard InChI is InChI=1S/C23H22N6O2S/c1-13-8-20(29(3)28-13)27-23(31)22(30)26-16-9-15(12-24)21(25-2)17(11-16)19-10-14-6-4-5-7-18(14)32-19/h4-12,24-25H,1-3H3,(H,26,30)(H,27,31). The molecule has 0 radical (unpaired) electrons. The molecule has 2 amide bonds. The molecular formula is C23H22N6O2S. The molecule has 162 valence electrons. The molecule has 0 aliphatic carbocycles. The van der Waals surface area contributed by atoms with Crippen LogP contribution in [0.25, 0.3) is 20.5 Å². The molecule has 2 heterocycles. The molecular weight excluding hydrogens is 424 g/mol. The van der Waals surface area contributed by atoms with Gasteiger partial charge in [-0.15, -0.1) is 11.3 Å². The molecule has 4 rings (SSSR count). The summed E-state index contributed by atoms with van der Waals surface area (Å²) in [6, 6.07) is 15.3. The molecule has 4 aromatic rings. The number of anilines is 3. The second-order valence-corrected chi connectivity index (χ2v) is 8.32. The summed E-state index contributed by atoms with van der Waals surface area (Å²) in [7, 11) is 3.48. The molecule has 0 spiro atoms. The Balaban J connectivity index is 1.66. The Morgan fingerprint density at radius 2 is 1.84 bits per heavy atom. The average molecular weight is 447 g/mol. The minimum Gasteiger partial charge on any atom is -0.387 e. The second kappa shape index (κ2) is 8.64. The van der Waals surface area contributed by atoms with E-state index < -0.39 is 11.8 Å². The number of rotatable bonds is 5. The SMILES string of the molecule is CNc1c(C=N)cc(NC(=O)C(=O)Nc2cc(C)nn2C)cc1-c1cc2ccccc2s1. The first-order chi connectivity index (χ1) is 15.4. The van der Waals surface area contributed by atoms with E-state index in [1.165, 1.54) is 10.9 Å². The number of carbonyl (C=O) groups is 2. The maximum Gasteiger partial charge on any atom is 0.315 e. The highest BCUT2D eigenvalue weighted by Gasteiger charge is 2.19. The van der Waals surface area contributed by atoms with Crippen molar-refractivity contribution < 1.29 is 9.59 Å². The summed E-state index contributed by atoms with van der Waals surface area (Å²) >= 11 is 1.62. The van der Waals surface area contributed by atoms with E-state index >= 15 is 0 Å². The molecule has 0 saturated carbocycles. The highest BCUT2D eigenvalue weighted by Crippen LogP contribution is 2.40. The molecule has 0 saturated heterocycles. The van der Waals surface area contributed by atoms with Crippen LogP contribution in [-0.4, -0.2) is 34.9 Å². The molecule has 0 aliphatic rings. The van der Waals surface area contributed by atoms with Crippen LogP contribution < -0.4 is 16.0 Å². The van der Waals surface area contributed by atoms with Crippen molar-refractivity contribution in [2.45, 2.75) is 6.92 Å². The van der Waals surface area contributed by atoms with Gasteiger partial charge in [-0.1, -0.05) is 18.2 Å². The highest BCUT2D eigenvalue weighted by atomic mass is 32.1. The van der Waals surface area contributed by atoms with Crippen molar-refractivity contribution in [1.82, 2.24) is 9.78 Å². The van der Waals surface area contributed by atoms with Gasteiger partial charge in [0.25, 0.3) is 0 Å². The summed E-state index contributed by atoms with van der Waals surface area (Å²) in [4.78, 5) is 26.0. The summed E-state index contributed by atoms with van der Waals surface area (Å²) in [6.07, 6.45) is 1.22. The van der Waals surface area contributed by atoms with Crippen LogP contribution in [0.4, 0.5) is 17.2 Å². The molecule has 0 atom stereocenters. The Morgan fingerprint density at radius 3 is 2.50 bits per heavy atom. The predicted octanol–water partition coefficient (Wildman–Crippen LogP) is 4.23. The summed E-state index contributed by atoms with van der Waals surface area (Å²) in [5, 5.41) is 21.5. The van der Waals surface area contributed by atoms with Gasteiger partial charge in [-0.2, -0.15) is 5.10 Å². The Bertz CT molecular complexity index is 1320. The number of nitrogens with one attached hydrogen (secondary N) is 4. The Morgan fingerprint density at radius 1 is 1.09 bits per heavy atom. The molecule has 0 unspecified atom stereocenters. The fraction of sp³-hybridized carbons (Fsp3) is 0.130. The summed E-state index contributed by atoms with van der Waals surface area (Å²) in [5.74, 6) is -1.18. The van der Waals surface area contributed by atoms with Crippen LogP contribution in [-0.2, 0) is 16.6 Å². The number of amides is 2. The zero-order chi connectivity index (χ0) is 22.8. The van der Waals surface area contributed by atoms with Gasteiger partial charge in [-0.05, 0) is 36.6 Å². The lowest BCUT2D eigenvalue weighted by molar-refractivity contribution is -0.133. The lowest BCUT2D eigenvalue weighted by Gasteiger charge is -2.14. The Hall–Kier alpha value is -3.98. The molecule has 9 heteroatoms. The van der Waals surface area contributed by atoms with Crippen molar-refractivity contribution in [3.05, 3.63) is 59.8 Å². The minimum absolute atomic E-state index is 0.427. The van der Waals surface area contributed by atoms with E-state index in [1.807, 2.05) is 24.3 Å². The smallest absolute Gasteiger partial charge is 0.315 e. The van der Waals surface area contributed by atoms with Crippen molar-refractivity contribution in [2.24, 2.45) is 7.05 Å². The predicted molar refractivity (Wildman–Crippen MR) is 130 cm³/mol. The fourth-order valence-corrected chi connectivity index (χ4v) is 4.61. The molecule has 0 bridgehead atoms. The first-order valence-electron chi connectivity index (χ1n) is 9.88. The van der Waals surface area contributed by atoms with E-state index in [1.54, 1.807) is 44.5 Å². The van der Waals surface area contributed by atoms with E-state index in [-0.39, 0.29) is 0 Å². The molecule has 0 aliphatic heterocycles. The van der Waals surface area contributed by atoms with Gasteiger partial charge in [0.15, 0.2) is 0 Å². The van der Waals surface area contributed by atoms with Crippen LogP contribution in [0.1, 0.15) is 11.3 Å². The number of benzene rings is 2. The van der Waals surface area contributed by atoms with Crippen LogP contribution in [0, 0.1) is 12.3 Å². The average Bonchev–Trinajstić information content (AvgIpc) is 3.35. The van der Waals surface area contributed by atoms with E-state index in [9.17, 15) is 9.59 Å². The van der Waals surface area contributed by atoms with Crippen LogP contribution >= 0.6 is 11.3 Å². The summed E-state index contributed by atoms with van der Waals surface area (Å²) in [5.41, 5.74) is 3.37. The first-order valence-corrected chi connectivity index (χ1v) is 10.7. The number of thiophene rings is 1. The van der Waals surface area contributed by atoms with Crippen LogP contribution in [0.5, 0.6) is 0 Å². The van der Waals surface area contributed by atoms with E-state index in [0.717, 1.165) is 31.9 Å². The Labute approximate surface area is 188 Å². The zero-order valence-corrected chi connectivity index (χ0v) is 18.6. The van der Waals surface area contributed by atoms with Crippen LogP contribution in [0.2, 0.25) is 0 Å². The van der Waals surface area contributed by atoms with E-state index in [4.69, 9.17) is 5.41 Å². The monoisotopic (exact) mass is 446 g/mol. The van der Waals surface area contributed by atoms with Gasteiger partial charge in [0.05, 0.1) is 11.4 Å². The lowest BCUT2D eigenvalue weighted by atomic mass is 10.0. The molecule has 2 aromatic heterocycles. The third kappa shape index (κ3) is 4.10. The molecule has 32 heavy (non-hydrogen) atoms. The van der Waals surface area contributed by atoms with Crippen LogP contribution in [0.3, 0.4) is 0 Å². The van der Waals surface area contributed by atoms with Gasteiger partial charge >= 0.3 is 11.8 Å². The number of carbonyl (C=O) groups excluding carboxylic acids is 2. The van der Waals surface area contributed by atoms with Gasteiger partial charge in [0.2, 0.25) is 0 Å². The lowest BCUT2D eigenvalue weighted by Crippen LogP contribution is -2.30. The normalized spacial score (nSPS) is 10.7. The highest BCUT2D eigenvalue weighted by molar-refractivity contribution is 7.22. The van der Waals surface area contributed by atoms with E-state index in [0.29, 0.717) is 17.1 Å². The maximum absolute atomic E-state index is 12.6. The summed E-state index contributed by atoms with van der Waals surface area (Å²) in [6.45, 7) is 1.80. The molecule has 0 fully saturated rings. The number of aromatic nitrogens is 2. The van der Waals surface area contributed by atoms with Crippen molar-refractivity contribution >= 4 is 56.6 Å². The third-order valence-electron chi connectivity index (χ3n) is 4.97. The van der Waals surface area contributed by atoms with Crippen molar-refractivity contribution in [1.29, 1.82) is 5.41 Å². The van der Waals surface area contributed by atoms with Gasteiger partial charge in [0, 0.05) is 52.8 Å². The second-order valence-electron chi connectivity index (χ2n) is 7.23. The summed E-state index contributed by atoms with van der Waals surface area (Å²) < 4.78 is 2.64. The minimum atomic E-state index is -0.806. The molecule has 4 N–H and O–H groups in total. The third-order valence-corrected chi connectivity index (χ3v) is 6.12. The number of hydrogen-bond acceptors (Lipinski definition) is 6. The fourth-order valence-electron chi connectivity index (χ4n) is 3.53. The van der Waals surface area contributed by atoms with E-state index in [2.05, 4.69) is 33.2 Å². The van der Waals surface area contributed by atoms with Gasteiger partial charge in [-0.3, -0.25) is 14.3 Å². The van der Waals surface area contributed by atoms with Crippen LogP contribution in [0.15, 0.2) is 48.5 Å². The Kier molecular flexibility index (Phi) is 5.74. The quantitative estimate of drug-likeness (QED) is 0.271. The number of hydrogen-bond donors (Lipinski definition) is 4. The van der Waals surface area contributed by atoms with Gasteiger partial charge in [-0.25, -0.2) is 0 Å². The number of fused-ring (bicyclic) bond motifs is 1. The van der Waals surface area contributed by atoms with Gasteiger partial charge < -0.3 is 21.4 Å². The zero-order valence-electron chi connectivity index (χ0n) is 17.8. The molecule has 8 nitrogen and oxygen atoms in total. The van der Waals surface area contributed by atoms with Crippen molar-refractivity contribution in [3.63, 3.8) is 0 Å². The first kappa shape index (κ1) is 21.3. The molecule has 2 aromatic carbocycles. The topological polar surface area (TPSA) is 112 Å².